The normalized spacial score (nSPS) is 6.00. The van der Waals surface area contributed by atoms with E-state index in [9.17, 15) is 0 Å². The Hall–Kier alpha value is -3.68. The Morgan fingerprint density at radius 2 is 0.327 bits per heavy atom. The zero-order valence-electron chi connectivity index (χ0n) is 38.3. The van der Waals surface area contributed by atoms with E-state index < -0.39 is 0 Å². The standard InChI is InChI=1S/2C6H6O.2C6H6.10C2H6.2CH4O2/c2*7-6-4-2-1-3-5-6;2*1-2-4-6-5-3-1;10*1-2;2*1-3-2/h2*1-5,7H;2*1-6H;10*1-2H3;2*2H,1H3. The third-order valence-corrected chi connectivity index (χ3v) is 2.85. The fourth-order valence-corrected chi connectivity index (χ4v) is 1.63. The van der Waals surface area contributed by atoms with Crippen molar-refractivity contribution in [2.24, 2.45) is 0 Å². The molecule has 0 spiro atoms. The molecule has 0 aliphatic rings. The number of hydrogen-bond donors (Lipinski definition) is 4. The molecule has 0 aliphatic heterocycles. The zero-order chi connectivity index (χ0) is 44.1. The van der Waals surface area contributed by atoms with Gasteiger partial charge in [0.25, 0.3) is 0 Å². The summed E-state index contributed by atoms with van der Waals surface area (Å²) in [5.41, 5.74) is 0. The van der Waals surface area contributed by atoms with E-state index in [0.717, 1.165) is 0 Å². The second kappa shape index (κ2) is 147. The molecule has 0 amide bonds. The highest BCUT2D eigenvalue weighted by molar-refractivity contribution is 5.19. The molecule has 0 aliphatic carbocycles. The van der Waals surface area contributed by atoms with E-state index in [2.05, 4.69) is 9.78 Å². The molecule has 0 heterocycles. The molecule has 0 saturated heterocycles. The number of hydrogen-bond acceptors (Lipinski definition) is 6. The third kappa shape index (κ3) is 161. The predicted octanol–water partition coefficient (Wildman–Crippen LogP) is 16.6. The first-order valence-electron chi connectivity index (χ1n) is 19.5. The first-order valence-corrected chi connectivity index (χ1v) is 19.5. The van der Waals surface area contributed by atoms with Crippen LogP contribution < -0.4 is 0 Å². The molecule has 0 atom stereocenters. The van der Waals surface area contributed by atoms with E-state index in [1.165, 1.54) is 14.2 Å². The lowest BCUT2D eigenvalue weighted by Gasteiger charge is -1.82. The quantitative estimate of drug-likeness (QED) is 0.106. The second-order valence-electron chi connectivity index (χ2n) is 5.35. The van der Waals surface area contributed by atoms with Crippen LogP contribution in [0.1, 0.15) is 138 Å². The van der Waals surface area contributed by atoms with Gasteiger partial charge in [0, 0.05) is 0 Å². The van der Waals surface area contributed by atoms with Gasteiger partial charge in [-0.1, -0.05) is 248 Å². The maximum Gasteiger partial charge on any atom is 0.115 e. The highest BCUT2D eigenvalue weighted by Gasteiger charge is 1.75. The van der Waals surface area contributed by atoms with Gasteiger partial charge < -0.3 is 10.2 Å². The average Bonchev–Trinajstić information content (AvgIpc) is 3.28. The minimum Gasteiger partial charge on any atom is -0.508 e. The molecule has 4 aromatic rings. The van der Waals surface area contributed by atoms with Crippen molar-refractivity contribution in [2.75, 3.05) is 14.2 Å². The van der Waals surface area contributed by atoms with Gasteiger partial charge in [-0.3, -0.25) is 10.5 Å². The number of benzene rings is 4. The van der Waals surface area contributed by atoms with E-state index >= 15 is 0 Å². The lowest BCUT2D eigenvalue weighted by Crippen LogP contribution is -1.57. The number of para-hydroxylation sites is 2. The van der Waals surface area contributed by atoms with Crippen LogP contribution in [0.15, 0.2) is 133 Å². The summed E-state index contributed by atoms with van der Waals surface area (Å²) < 4.78 is 0. The lowest BCUT2D eigenvalue weighted by molar-refractivity contribution is -0.215. The number of rotatable bonds is 0. The van der Waals surface area contributed by atoms with Gasteiger partial charge in [-0.25, -0.2) is 9.78 Å². The highest BCUT2D eigenvalue weighted by Crippen LogP contribution is 2.03. The molecule has 6 heteroatoms. The Bertz CT molecular complexity index is 665. The van der Waals surface area contributed by atoms with E-state index in [0.29, 0.717) is 11.5 Å². The van der Waals surface area contributed by atoms with Crippen LogP contribution in [0.25, 0.3) is 0 Å². The molecule has 0 unspecified atom stereocenters. The summed E-state index contributed by atoms with van der Waals surface area (Å²) in [5.74, 6) is 0.644. The summed E-state index contributed by atoms with van der Waals surface area (Å²) in [6, 6.07) is 41.4. The summed E-state index contributed by atoms with van der Waals surface area (Å²) in [6.07, 6.45) is 0. The molecular formula is C46H92O6. The molecule has 0 radical (unpaired) electrons. The number of phenols is 2. The van der Waals surface area contributed by atoms with Gasteiger partial charge >= 0.3 is 0 Å². The maximum absolute atomic E-state index is 8.63. The van der Waals surface area contributed by atoms with Crippen molar-refractivity contribution in [1.29, 1.82) is 0 Å². The summed E-state index contributed by atoms with van der Waals surface area (Å²) in [5, 5.41) is 31.4. The molecule has 4 aromatic carbocycles. The SMILES string of the molecule is CC.CC.CC.CC.CC.CC.CC.CC.CC.CC.COO.COO.Oc1ccccc1.Oc1ccccc1.c1ccccc1.c1ccccc1. The van der Waals surface area contributed by atoms with Gasteiger partial charge in [0.2, 0.25) is 0 Å². The summed E-state index contributed by atoms with van der Waals surface area (Å²) in [6.45, 7) is 40.0. The molecule has 0 saturated carbocycles. The summed E-state index contributed by atoms with van der Waals surface area (Å²) in [4.78, 5) is 6.50. The van der Waals surface area contributed by atoms with Crippen LogP contribution in [-0.2, 0) is 9.78 Å². The Balaban J connectivity index is -0.0000000341. The van der Waals surface area contributed by atoms with Gasteiger partial charge in [-0.2, -0.15) is 0 Å². The van der Waals surface area contributed by atoms with Crippen molar-refractivity contribution in [1.82, 2.24) is 0 Å². The van der Waals surface area contributed by atoms with Crippen molar-refractivity contribution >= 4 is 0 Å². The van der Waals surface area contributed by atoms with Gasteiger partial charge in [0.1, 0.15) is 11.5 Å². The molecule has 0 aromatic heterocycles. The highest BCUT2D eigenvalue weighted by atomic mass is 17.1. The smallest absolute Gasteiger partial charge is 0.115 e. The minimum absolute atomic E-state index is 0.322. The Kier molecular flexibility index (Phi) is 231. The number of aromatic hydroxyl groups is 2. The van der Waals surface area contributed by atoms with Crippen LogP contribution in [0.2, 0.25) is 0 Å². The molecule has 52 heavy (non-hydrogen) atoms. The Morgan fingerprint density at radius 1 is 0.250 bits per heavy atom. The molecule has 0 fully saturated rings. The zero-order valence-corrected chi connectivity index (χ0v) is 38.3. The van der Waals surface area contributed by atoms with Crippen molar-refractivity contribution < 1.29 is 30.5 Å². The molecule has 4 N–H and O–H groups in total. The van der Waals surface area contributed by atoms with E-state index in [1.54, 1.807) is 48.5 Å². The van der Waals surface area contributed by atoms with Crippen LogP contribution in [0, 0.1) is 0 Å². The topological polar surface area (TPSA) is 99.4 Å². The van der Waals surface area contributed by atoms with E-state index in [-0.39, 0.29) is 0 Å². The van der Waals surface area contributed by atoms with Gasteiger partial charge in [0.05, 0.1) is 14.2 Å². The molecule has 312 valence electrons. The molecule has 6 nitrogen and oxygen atoms in total. The van der Waals surface area contributed by atoms with Crippen molar-refractivity contribution in [2.45, 2.75) is 138 Å². The fraction of sp³-hybridized carbons (Fsp3) is 0.478. The van der Waals surface area contributed by atoms with Crippen LogP contribution in [0.5, 0.6) is 11.5 Å². The monoisotopic (exact) mass is 741 g/mol. The fourth-order valence-electron chi connectivity index (χ4n) is 1.63. The Labute approximate surface area is 327 Å². The van der Waals surface area contributed by atoms with Crippen molar-refractivity contribution in [3.63, 3.8) is 0 Å². The molecular weight excluding hydrogens is 648 g/mol. The van der Waals surface area contributed by atoms with Crippen LogP contribution in [0.3, 0.4) is 0 Å². The van der Waals surface area contributed by atoms with Gasteiger partial charge in [0.15, 0.2) is 0 Å². The van der Waals surface area contributed by atoms with Crippen LogP contribution >= 0.6 is 0 Å². The van der Waals surface area contributed by atoms with Gasteiger partial charge in [-0.15, -0.1) is 0 Å². The summed E-state index contributed by atoms with van der Waals surface area (Å²) >= 11 is 0. The predicted molar refractivity (Wildman–Crippen MR) is 242 cm³/mol. The average molecular weight is 741 g/mol. The summed E-state index contributed by atoms with van der Waals surface area (Å²) in [7, 11) is 2.36. The first kappa shape index (κ1) is 82.0. The third-order valence-electron chi connectivity index (χ3n) is 2.85. The minimum atomic E-state index is 0.322. The van der Waals surface area contributed by atoms with E-state index in [4.69, 9.17) is 20.7 Å². The van der Waals surface area contributed by atoms with Crippen LogP contribution in [0.4, 0.5) is 0 Å². The number of phenolic OH excluding ortho intramolecular Hbond substituents is 2. The Morgan fingerprint density at radius 3 is 0.385 bits per heavy atom. The van der Waals surface area contributed by atoms with Crippen LogP contribution in [-0.4, -0.2) is 34.9 Å². The van der Waals surface area contributed by atoms with E-state index in [1.807, 2.05) is 223 Å². The van der Waals surface area contributed by atoms with Gasteiger partial charge in [-0.05, 0) is 24.3 Å². The maximum atomic E-state index is 8.63. The van der Waals surface area contributed by atoms with Crippen molar-refractivity contribution in [3.05, 3.63) is 133 Å². The first-order chi connectivity index (χ1) is 25.6. The molecule has 0 bridgehead atoms. The largest absolute Gasteiger partial charge is 0.508 e. The lowest BCUT2D eigenvalue weighted by atomic mass is 10.3. The second-order valence-corrected chi connectivity index (χ2v) is 5.35. The molecule has 4 rings (SSSR count). The van der Waals surface area contributed by atoms with Crippen molar-refractivity contribution in [3.8, 4) is 11.5 Å².